The quantitative estimate of drug-likeness (QED) is 0.686. The predicted molar refractivity (Wildman–Crippen MR) is 62.4 cm³/mol. The van der Waals surface area contributed by atoms with Crippen LogP contribution >= 0.6 is 11.8 Å². The molecule has 0 spiro atoms. The van der Waals surface area contributed by atoms with Crippen molar-refractivity contribution in [3.05, 3.63) is 0 Å². The van der Waals surface area contributed by atoms with E-state index in [1.807, 2.05) is 0 Å². The molecule has 1 rings (SSSR count). The maximum Gasteiger partial charge on any atom is 0.0300 e. The molecule has 1 heterocycles. The standard InChI is InChI=1S/C11H23NS/c1-9(2)6-5-7-12-10-8-13-11(10,3)4/h9-10,12H,5-8H2,1-4H3. The molecule has 1 fully saturated rings. The minimum absolute atomic E-state index is 0.484. The van der Waals surface area contributed by atoms with E-state index in [0.717, 1.165) is 12.0 Å². The van der Waals surface area contributed by atoms with E-state index in [2.05, 4.69) is 44.8 Å². The van der Waals surface area contributed by atoms with Gasteiger partial charge >= 0.3 is 0 Å². The summed E-state index contributed by atoms with van der Waals surface area (Å²) in [6.45, 7) is 10.5. The fourth-order valence-corrected chi connectivity index (χ4v) is 2.79. The molecule has 2 heteroatoms. The van der Waals surface area contributed by atoms with Crippen LogP contribution in [0, 0.1) is 5.92 Å². The zero-order valence-corrected chi connectivity index (χ0v) is 10.2. The summed E-state index contributed by atoms with van der Waals surface area (Å²) in [5.74, 6) is 2.15. The van der Waals surface area contributed by atoms with Crippen molar-refractivity contribution < 1.29 is 0 Å². The number of hydrogen-bond acceptors (Lipinski definition) is 2. The topological polar surface area (TPSA) is 12.0 Å². The fourth-order valence-electron chi connectivity index (χ4n) is 1.59. The minimum atomic E-state index is 0.484. The van der Waals surface area contributed by atoms with Crippen molar-refractivity contribution in [2.45, 2.75) is 51.3 Å². The Morgan fingerprint density at radius 2 is 2.15 bits per heavy atom. The maximum atomic E-state index is 3.64. The fraction of sp³-hybridized carbons (Fsp3) is 1.00. The summed E-state index contributed by atoms with van der Waals surface area (Å²) in [6.07, 6.45) is 2.68. The van der Waals surface area contributed by atoms with E-state index in [1.165, 1.54) is 25.1 Å². The average molecular weight is 201 g/mol. The molecule has 1 N–H and O–H groups in total. The third-order valence-electron chi connectivity index (χ3n) is 2.81. The second-order valence-corrected chi connectivity index (χ2v) is 6.63. The Bertz CT molecular complexity index is 154. The van der Waals surface area contributed by atoms with Crippen molar-refractivity contribution in [3.8, 4) is 0 Å². The smallest absolute Gasteiger partial charge is 0.0300 e. The predicted octanol–water partition coefficient (Wildman–Crippen LogP) is 2.91. The van der Waals surface area contributed by atoms with E-state index in [1.54, 1.807) is 0 Å². The molecule has 1 nitrogen and oxygen atoms in total. The third kappa shape index (κ3) is 3.51. The van der Waals surface area contributed by atoms with Crippen molar-refractivity contribution in [1.29, 1.82) is 0 Å². The van der Waals surface area contributed by atoms with E-state index >= 15 is 0 Å². The first-order valence-corrected chi connectivity index (χ1v) is 6.38. The second kappa shape index (κ2) is 4.70. The van der Waals surface area contributed by atoms with Gasteiger partial charge in [0.05, 0.1) is 0 Å². The molecule has 1 atom stereocenters. The first-order valence-electron chi connectivity index (χ1n) is 5.39. The van der Waals surface area contributed by atoms with Crippen LogP contribution in [0.3, 0.4) is 0 Å². The molecule has 78 valence electrons. The summed E-state index contributed by atoms with van der Waals surface area (Å²) in [7, 11) is 0. The van der Waals surface area contributed by atoms with Crippen molar-refractivity contribution in [2.75, 3.05) is 12.3 Å². The van der Waals surface area contributed by atoms with Crippen LogP contribution in [0.1, 0.15) is 40.5 Å². The van der Waals surface area contributed by atoms with E-state index in [9.17, 15) is 0 Å². The molecule has 1 unspecified atom stereocenters. The molecule has 0 aromatic carbocycles. The van der Waals surface area contributed by atoms with Gasteiger partial charge in [-0.3, -0.25) is 0 Å². The molecule has 0 aliphatic carbocycles. The van der Waals surface area contributed by atoms with E-state index in [4.69, 9.17) is 0 Å². The van der Waals surface area contributed by atoms with Crippen molar-refractivity contribution >= 4 is 11.8 Å². The number of rotatable bonds is 5. The lowest BCUT2D eigenvalue weighted by Crippen LogP contribution is -2.54. The maximum absolute atomic E-state index is 3.64. The molecule has 0 radical (unpaired) electrons. The van der Waals surface area contributed by atoms with E-state index < -0.39 is 0 Å². The Hall–Kier alpha value is 0.310. The molecule has 0 amide bonds. The molecule has 0 bridgehead atoms. The zero-order valence-electron chi connectivity index (χ0n) is 9.39. The molecule has 1 aliphatic rings. The van der Waals surface area contributed by atoms with Gasteiger partial charge in [0.2, 0.25) is 0 Å². The summed E-state index contributed by atoms with van der Waals surface area (Å²) in [5.41, 5.74) is 0. The molecular formula is C11H23NS. The third-order valence-corrected chi connectivity index (χ3v) is 4.34. The monoisotopic (exact) mass is 201 g/mol. The highest BCUT2D eigenvalue weighted by Gasteiger charge is 2.38. The Morgan fingerprint density at radius 1 is 1.46 bits per heavy atom. The van der Waals surface area contributed by atoms with Gasteiger partial charge < -0.3 is 5.32 Å². The summed E-state index contributed by atoms with van der Waals surface area (Å²) < 4.78 is 0.484. The van der Waals surface area contributed by atoms with Gasteiger partial charge in [-0.05, 0) is 39.2 Å². The Kier molecular flexibility index (Phi) is 4.11. The van der Waals surface area contributed by atoms with Crippen LogP contribution in [-0.4, -0.2) is 23.1 Å². The lowest BCUT2D eigenvalue weighted by Gasteiger charge is -2.44. The number of nitrogens with one attached hydrogen (secondary N) is 1. The van der Waals surface area contributed by atoms with E-state index in [-0.39, 0.29) is 0 Å². The van der Waals surface area contributed by atoms with Crippen LogP contribution in [0.2, 0.25) is 0 Å². The van der Waals surface area contributed by atoms with Crippen molar-refractivity contribution in [1.82, 2.24) is 5.32 Å². The van der Waals surface area contributed by atoms with Crippen LogP contribution in [0.15, 0.2) is 0 Å². The number of thioether (sulfide) groups is 1. The lowest BCUT2D eigenvalue weighted by molar-refractivity contribution is 0.420. The molecule has 13 heavy (non-hydrogen) atoms. The average Bonchev–Trinajstić information content (AvgIpc) is 2.01. The molecule has 0 saturated carbocycles. The van der Waals surface area contributed by atoms with Crippen LogP contribution in [0.5, 0.6) is 0 Å². The summed E-state index contributed by atoms with van der Waals surface area (Å²) in [4.78, 5) is 0. The van der Waals surface area contributed by atoms with Gasteiger partial charge in [-0.15, -0.1) is 0 Å². The summed E-state index contributed by atoms with van der Waals surface area (Å²) in [6, 6.07) is 0.754. The molecule has 1 aliphatic heterocycles. The Morgan fingerprint density at radius 3 is 2.54 bits per heavy atom. The number of hydrogen-bond donors (Lipinski definition) is 1. The zero-order chi connectivity index (χ0) is 9.90. The molecule has 1 saturated heterocycles. The Labute approximate surface area is 87.1 Å². The largest absolute Gasteiger partial charge is 0.312 e. The van der Waals surface area contributed by atoms with Gasteiger partial charge in [-0.2, -0.15) is 11.8 Å². The summed E-state index contributed by atoms with van der Waals surface area (Å²) >= 11 is 2.07. The van der Waals surface area contributed by atoms with Gasteiger partial charge in [-0.25, -0.2) is 0 Å². The highest BCUT2D eigenvalue weighted by Crippen LogP contribution is 2.39. The lowest BCUT2D eigenvalue weighted by atomic mass is 10.0. The Balaban J connectivity index is 2.01. The van der Waals surface area contributed by atoms with Gasteiger partial charge in [0.1, 0.15) is 0 Å². The van der Waals surface area contributed by atoms with Crippen LogP contribution in [-0.2, 0) is 0 Å². The molecule has 0 aromatic heterocycles. The van der Waals surface area contributed by atoms with Gasteiger partial charge in [0.15, 0.2) is 0 Å². The van der Waals surface area contributed by atoms with Crippen molar-refractivity contribution in [3.63, 3.8) is 0 Å². The first-order chi connectivity index (χ1) is 6.02. The van der Waals surface area contributed by atoms with Crippen molar-refractivity contribution in [2.24, 2.45) is 5.92 Å². The van der Waals surface area contributed by atoms with E-state index in [0.29, 0.717) is 4.75 Å². The van der Waals surface area contributed by atoms with Gasteiger partial charge in [0, 0.05) is 16.5 Å². The minimum Gasteiger partial charge on any atom is -0.312 e. The van der Waals surface area contributed by atoms with Crippen LogP contribution in [0.25, 0.3) is 0 Å². The summed E-state index contributed by atoms with van der Waals surface area (Å²) in [5, 5.41) is 3.64. The SMILES string of the molecule is CC(C)CCCNC1CSC1(C)C. The van der Waals surface area contributed by atoms with Gasteiger partial charge in [-0.1, -0.05) is 13.8 Å². The molecule has 0 aromatic rings. The molecular weight excluding hydrogens is 178 g/mol. The van der Waals surface area contributed by atoms with Crippen LogP contribution < -0.4 is 5.32 Å². The highest BCUT2D eigenvalue weighted by molar-refractivity contribution is 8.02. The second-order valence-electron chi connectivity index (χ2n) is 4.96. The first kappa shape index (κ1) is 11.4. The van der Waals surface area contributed by atoms with Gasteiger partial charge in [0.25, 0.3) is 0 Å². The normalized spacial score (nSPS) is 26.1. The highest BCUT2D eigenvalue weighted by atomic mass is 32.2. The van der Waals surface area contributed by atoms with Crippen LogP contribution in [0.4, 0.5) is 0 Å².